The first kappa shape index (κ1) is 14.5. The Morgan fingerprint density at radius 3 is 2.67 bits per heavy atom. The van der Waals surface area contributed by atoms with Crippen molar-refractivity contribution >= 4 is 36.0 Å². The van der Waals surface area contributed by atoms with Gasteiger partial charge in [0.2, 0.25) is 11.8 Å². The van der Waals surface area contributed by atoms with Crippen molar-refractivity contribution in [3.63, 3.8) is 0 Å². The topological polar surface area (TPSA) is 61.4 Å². The second kappa shape index (κ2) is 6.92. The number of nitrogens with one attached hydrogen (secondary N) is 2. The number of carbonyl (C=O) groups is 2. The second-order valence-corrected chi connectivity index (χ2v) is 4.31. The van der Waals surface area contributed by atoms with Crippen LogP contribution in [0.1, 0.15) is 0 Å². The zero-order valence-electron chi connectivity index (χ0n) is 8.78. The molecule has 0 aromatic rings. The number of rotatable bonds is 3. The van der Waals surface area contributed by atoms with E-state index in [4.69, 9.17) is 0 Å². The number of hydrogen-bond donors (Lipinski definition) is 2. The number of hydrogen-bond acceptors (Lipinski definition) is 4. The molecule has 1 heterocycles. The highest BCUT2D eigenvalue weighted by Gasteiger charge is 2.22. The highest BCUT2D eigenvalue weighted by Crippen LogP contribution is 2.08. The molecule has 1 fully saturated rings. The molecule has 7 heteroatoms. The molecule has 5 nitrogen and oxygen atoms in total. The van der Waals surface area contributed by atoms with Crippen molar-refractivity contribution in [1.82, 2.24) is 15.5 Å². The zero-order chi connectivity index (χ0) is 10.6. The standard InChI is InChI=1S/C8H15N3O2S.ClH/c1-11(2)7(12)3-9-8(13)6-4-14-5-10-6;/h6,10H,3-5H2,1-2H3,(H,9,13);1H. The number of halogens is 1. The van der Waals surface area contributed by atoms with E-state index in [-0.39, 0.29) is 36.8 Å². The van der Waals surface area contributed by atoms with Gasteiger partial charge < -0.3 is 10.2 Å². The quantitative estimate of drug-likeness (QED) is 0.697. The first-order chi connectivity index (χ1) is 6.61. The molecule has 0 bridgehead atoms. The molecule has 15 heavy (non-hydrogen) atoms. The van der Waals surface area contributed by atoms with Crippen molar-refractivity contribution in [3.05, 3.63) is 0 Å². The first-order valence-corrected chi connectivity index (χ1v) is 5.55. The van der Waals surface area contributed by atoms with Gasteiger partial charge in [-0.25, -0.2) is 0 Å². The van der Waals surface area contributed by atoms with Crippen molar-refractivity contribution in [3.8, 4) is 0 Å². The van der Waals surface area contributed by atoms with E-state index in [1.54, 1.807) is 25.9 Å². The van der Waals surface area contributed by atoms with Gasteiger partial charge in [-0.05, 0) is 0 Å². The Morgan fingerprint density at radius 1 is 1.53 bits per heavy atom. The van der Waals surface area contributed by atoms with Crippen LogP contribution in [0.5, 0.6) is 0 Å². The van der Waals surface area contributed by atoms with Gasteiger partial charge in [0, 0.05) is 25.7 Å². The monoisotopic (exact) mass is 253 g/mol. The van der Waals surface area contributed by atoms with Gasteiger partial charge in [0.05, 0.1) is 12.6 Å². The van der Waals surface area contributed by atoms with Gasteiger partial charge in [0.1, 0.15) is 0 Å². The molecule has 0 saturated carbocycles. The maximum absolute atomic E-state index is 11.4. The average molecular weight is 254 g/mol. The highest BCUT2D eigenvalue weighted by molar-refractivity contribution is 7.99. The summed E-state index contributed by atoms with van der Waals surface area (Å²) in [6, 6.07) is -0.144. The minimum Gasteiger partial charge on any atom is -0.347 e. The molecule has 0 spiro atoms. The van der Waals surface area contributed by atoms with E-state index >= 15 is 0 Å². The van der Waals surface area contributed by atoms with Gasteiger partial charge in [0.15, 0.2) is 0 Å². The molecule has 1 rings (SSSR count). The predicted molar refractivity (Wildman–Crippen MR) is 63.2 cm³/mol. The van der Waals surface area contributed by atoms with Crippen LogP contribution in [0.3, 0.4) is 0 Å². The molecule has 0 aromatic carbocycles. The molecule has 0 aromatic heterocycles. The fraction of sp³-hybridized carbons (Fsp3) is 0.750. The van der Waals surface area contributed by atoms with Gasteiger partial charge in [-0.1, -0.05) is 0 Å². The summed E-state index contributed by atoms with van der Waals surface area (Å²) in [5.74, 6) is 1.40. The summed E-state index contributed by atoms with van der Waals surface area (Å²) in [6.07, 6.45) is 0. The Hall–Kier alpha value is -0.460. The Balaban J connectivity index is 0.00000196. The molecule has 1 aliphatic rings. The molecule has 1 saturated heterocycles. The molecule has 1 atom stereocenters. The molecule has 2 amide bonds. The van der Waals surface area contributed by atoms with Crippen molar-refractivity contribution in [2.45, 2.75) is 6.04 Å². The normalized spacial score (nSPS) is 19.2. The zero-order valence-corrected chi connectivity index (χ0v) is 10.4. The lowest BCUT2D eigenvalue weighted by atomic mass is 10.3. The van der Waals surface area contributed by atoms with Crippen molar-refractivity contribution in [2.75, 3.05) is 32.3 Å². The average Bonchev–Trinajstić information content (AvgIpc) is 2.66. The van der Waals surface area contributed by atoms with Crippen LogP contribution in [0.15, 0.2) is 0 Å². The lowest BCUT2D eigenvalue weighted by molar-refractivity contribution is -0.131. The molecule has 2 N–H and O–H groups in total. The van der Waals surface area contributed by atoms with Crippen LogP contribution in [0.25, 0.3) is 0 Å². The Labute approximate surface area is 99.7 Å². The number of carbonyl (C=O) groups excluding carboxylic acids is 2. The third-order valence-electron chi connectivity index (χ3n) is 1.95. The van der Waals surface area contributed by atoms with E-state index in [1.165, 1.54) is 4.90 Å². The predicted octanol–water partition coefficient (Wildman–Crippen LogP) is -0.725. The van der Waals surface area contributed by atoms with Gasteiger partial charge in [0.25, 0.3) is 0 Å². The summed E-state index contributed by atoms with van der Waals surface area (Å²) in [5.41, 5.74) is 0. The van der Waals surface area contributed by atoms with Crippen LogP contribution in [-0.2, 0) is 9.59 Å². The third-order valence-corrected chi connectivity index (χ3v) is 2.89. The minimum absolute atomic E-state index is 0. The fourth-order valence-corrected chi connectivity index (χ4v) is 1.95. The maximum atomic E-state index is 11.4. The Bertz CT molecular complexity index is 232. The van der Waals surface area contributed by atoms with Crippen LogP contribution in [0.4, 0.5) is 0 Å². The van der Waals surface area contributed by atoms with E-state index in [9.17, 15) is 9.59 Å². The Kier molecular flexibility index (Phi) is 6.71. The summed E-state index contributed by atoms with van der Waals surface area (Å²) < 4.78 is 0. The third kappa shape index (κ3) is 4.72. The van der Waals surface area contributed by atoms with Crippen molar-refractivity contribution < 1.29 is 9.59 Å². The molecule has 88 valence electrons. The number of likely N-dealkylation sites (N-methyl/N-ethyl adjacent to an activating group) is 1. The smallest absolute Gasteiger partial charge is 0.241 e. The SMILES string of the molecule is CN(C)C(=O)CNC(=O)C1CSCN1.Cl. The van der Waals surface area contributed by atoms with Crippen molar-refractivity contribution in [1.29, 1.82) is 0 Å². The molecular formula is C8H16ClN3O2S. The van der Waals surface area contributed by atoms with Crippen LogP contribution >= 0.6 is 24.2 Å². The van der Waals surface area contributed by atoms with Gasteiger partial charge >= 0.3 is 0 Å². The van der Waals surface area contributed by atoms with Gasteiger partial charge in [-0.15, -0.1) is 24.2 Å². The van der Waals surface area contributed by atoms with E-state index < -0.39 is 0 Å². The van der Waals surface area contributed by atoms with E-state index in [0.717, 1.165) is 11.6 Å². The van der Waals surface area contributed by atoms with Crippen LogP contribution in [0, 0.1) is 0 Å². The molecule has 1 unspecified atom stereocenters. The van der Waals surface area contributed by atoms with Crippen LogP contribution in [0.2, 0.25) is 0 Å². The largest absolute Gasteiger partial charge is 0.347 e. The van der Waals surface area contributed by atoms with E-state index in [1.807, 2.05) is 0 Å². The number of nitrogens with zero attached hydrogens (tertiary/aromatic N) is 1. The van der Waals surface area contributed by atoms with E-state index in [0.29, 0.717) is 0 Å². The lowest BCUT2D eigenvalue weighted by Crippen LogP contribution is -2.45. The van der Waals surface area contributed by atoms with Crippen LogP contribution < -0.4 is 10.6 Å². The van der Waals surface area contributed by atoms with E-state index in [2.05, 4.69) is 10.6 Å². The fourth-order valence-electron chi connectivity index (χ4n) is 1.01. The molecule has 1 aliphatic heterocycles. The van der Waals surface area contributed by atoms with Gasteiger partial charge in [-0.3, -0.25) is 14.9 Å². The molecular weight excluding hydrogens is 238 g/mol. The Morgan fingerprint density at radius 2 is 2.20 bits per heavy atom. The van der Waals surface area contributed by atoms with Gasteiger partial charge in [-0.2, -0.15) is 0 Å². The summed E-state index contributed by atoms with van der Waals surface area (Å²) >= 11 is 1.68. The minimum atomic E-state index is -0.144. The second-order valence-electron chi connectivity index (χ2n) is 3.28. The van der Waals surface area contributed by atoms with Crippen molar-refractivity contribution in [2.24, 2.45) is 0 Å². The lowest BCUT2D eigenvalue weighted by Gasteiger charge is -2.13. The summed E-state index contributed by atoms with van der Waals surface area (Å²) in [5, 5.41) is 5.64. The molecule has 0 aliphatic carbocycles. The number of thioether (sulfide) groups is 1. The first-order valence-electron chi connectivity index (χ1n) is 4.40. The van der Waals surface area contributed by atoms with Crippen LogP contribution in [-0.4, -0.2) is 55.0 Å². The number of amides is 2. The summed E-state index contributed by atoms with van der Waals surface area (Å²) in [7, 11) is 3.33. The molecule has 0 radical (unpaired) electrons. The maximum Gasteiger partial charge on any atom is 0.241 e. The highest BCUT2D eigenvalue weighted by atomic mass is 35.5. The summed E-state index contributed by atoms with van der Waals surface area (Å²) in [6.45, 7) is 0.0781. The summed E-state index contributed by atoms with van der Waals surface area (Å²) in [4.78, 5) is 24.0.